The van der Waals surface area contributed by atoms with Crippen LogP contribution >= 0.6 is 0 Å². The van der Waals surface area contributed by atoms with Crippen LogP contribution in [0.15, 0.2) is 18.7 Å². The second-order valence-corrected chi connectivity index (χ2v) is 3.90. The molecule has 0 aromatic carbocycles. The highest BCUT2D eigenvalue weighted by Crippen LogP contribution is 2.06. The smallest absolute Gasteiger partial charge is 0.375 e. The second-order valence-electron chi connectivity index (χ2n) is 3.90. The van der Waals surface area contributed by atoms with E-state index in [-0.39, 0.29) is 12.1 Å². The van der Waals surface area contributed by atoms with Gasteiger partial charge in [-0.2, -0.15) is 4.57 Å². The number of amides is 1. The molecule has 0 spiro atoms. The minimum atomic E-state index is 0.0192. The van der Waals surface area contributed by atoms with Crippen molar-refractivity contribution in [2.75, 3.05) is 19.7 Å². The molecule has 82 valence electrons. The summed E-state index contributed by atoms with van der Waals surface area (Å²) >= 11 is 0. The Morgan fingerprint density at radius 3 is 3.00 bits per heavy atom. The van der Waals surface area contributed by atoms with Crippen molar-refractivity contribution < 1.29 is 14.1 Å². The lowest BCUT2D eigenvalue weighted by atomic mass is 10.3. The van der Waals surface area contributed by atoms with E-state index in [1.54, 1.807) is 17.1 Å². The van der Waals surface area contributed by atoms with Crippen LogP contribution in [0.5, 0.6) is 0 Å². The number of hydrogen-bond acceptors (Lipinski definition) is 2. The van der Waals surface area contributed by atoms with Gasteiger partial charge >= 0.3 is 6.03 Å². The van der Waals surface area contributed by atoms with E-state index in [0.717, 1.165) is 0 Å². The molecule has 0 unspecified atom stereocenters. The zero-order valence-electron chi connectivity index (χ0n) is 9.09. The van der Waals surface area contributed by atoms with Crippen LogP contribution in [-0.4, -0.2) is 41.3 Å². The fourth-order valence-corrected chi connectivity index (χ4v) is 1.72. The number of rotatable bonds is 0. The van der Waals surface area contributed by atoms with Gasteiger partial charge in [-0.15, -0.1) is 0 Å². The summed E-state index contributed by atoms with van der Waals surface area (Å²) in [5, 5.41) is 0. The van der Waals surface area contributed by atoms with Crippen molar-refractivity contribution in [1.29, 1.82) is 0 Å². The van der Waals surface area contributed by atoms with Gasteiger partial charge in [-0.3, -0.25) is 4.90 Å². The third kappa shape index (κ3) is 2.18. The van der Waals surface area contributed by atoms with E-state index in [1.807, 2.05) is 29.6 Å². The van der Waals surface area contributed by atoms with Gasteiger partial charge in [-0.05, 0) is 6.92 Å². The number of morpholine rings is 1. The minimum Gasteiger partial charge on any atom is -0.375 e. The molecule has 1 fully saturated rings. The lowest BCUT2D eigenvalue weighted by Gasteiger charge is -2.29. The zero-order valence-corrected chi connectivity index (χ0v) is 9.09. The monoisotopic (exact) mass is 210 g/mol. The zero-order chi connectivity index (χ0) is 10.8. The first-order valence-corrected chi connectivity index (χ1v) is 5.11. The summed E-state index contributed by atoms with van der Waals surface area (Å²) in [4.78, 5) is 13.8. The van der Waals surface area contributed by atoms with Crippen LogP contribution in [0.1, 0.15) is 6.92 Å². The van der Waals surface area contributed by atoms with E-state index < -0.39 is 0 Å². The average Bonchev–Trinajstić information content (AvgIpc) is 2.64. The fourth-order valence-electron chi connectivity index (χ4n) is 1.72. The summed E-state index contributed by atoms with van der Waals surface area (Å²) in [7, 11) is 1.89. The molecule has 1 aliphatic rings. The highest BCUT2D eigenvalue weighted by atomic mass is 16.5. The van der Waals surface area contributed by atoms with E-state index in [0.29, 0.717) is 19.7 Å². The Hall–Kier alpha value is -1.36. The van der Waals surface area contributed by atoms with Gasteiger partial charge < -0.3 is 4.74 Å². The quantitative estimate of drug-likeness (QED) is 0.565. The molecule has 0 saturated carbocycles. The van der Waals surface area contributed by atoms with E-state index >= 15 is 0 Å². The first-order valence-electron chi connectivity index (χ1n) is 5.11. The van der Waals surface area contributed by atoms with Crippen molar-refractivity contribution in [3.63, 3.8) is 0 Å². The molecule has 5 heteroatoms. The molecule has 1 aromatic heterocycles. The SMILES string of the molecule is C[C@H]1CN(C(=O)n2cc[n+](C)c2)CCO1. The Kier molecular flexibility index (Phi) is 2.73. The highest BCUT2D eigenvalue weighted by molar-refractivity contribution is 5.76. The van der Waals surface area contributed by atoms with Gasteiger partial charge in [0, 0.05) is 6.54 Å². The molecule has 1 saturated heterocycles. The van der Waals surface area contributed by atoms with E-state index in [1.165, 1.54) is 0 Å². The van der Waals surface area contributed by atoms with Gasteiger partial charge in [-0.25, -0.2) is 9.36 Å². The van der Waals surface area contributed by atoms with E-state index in [2.05, 4.69) is 0 Å². The third-order valence-electron chi connectivity index (χ3n) is 2.50. The molecule has 2 rings (SSSR count). The van der Waals surface area contributed by atoms with Crippen LogP contribution < -0.4 is 4.57 Å². The Morgan fingerprint density at radius 2 is 2.40 bits per heavy atom. The van der Waals surface area contributed by atoms with Crippen molar-refractivity contribution in [2.45, 2.75) is 13.0 Å². The number of aryl methyl sites for hydroxylation is 1. The van der Waals surface area contributed by atoms with Crippen LogP contribution in [0, 0.1) is 0 Å². The summed E-state index contributed by atoms with van der Waals surface area (Å²) in [6.45, 7) is 3.95. The highest BCUT2D eigenvalue weighted by Gasteiger charge is 2.25. The van der Waals surface area contributed by atoms with Crippen LogP contribution in [0.25, 0.3) is 0 Å². The summed E-state index contributed by atoms with van der Waals surface area (Å²) in [5.74, 6) is 0. The van der Waals surface area contributed by atoms with Crippen LogP contribution in [-0.2, 0) is 11.8 Å². The van der Waals surface area contributed by atoms with Gasteiger partial charge in [0.05, 0.1) is 26.3 Å². The van der Waals surface area contributed by atoms with Crippen LogP contribution in [0.2, 0.25) is 0 Å². The van der Waals surface area contributed by atoms with Gasteiger partial charge in [0.15, 0.2) is 0 Å². The molecule has 1 amide bonds. The summed E-state index contributed by atoms with van der Waals surface area (Å²) < 4.78 is 8.84. The Balaban J connectivity index is 2.07. The number of ether oxygens (including phenoxy) is 1. The molecule has 15 heavy (non-hydrogen) atoms. The Labute approximate surface area is 88.9 Å². The first kappa shape index (κ1) is 10.2. The maximum absolute atomic E-state index is 12.0. The van der Waals surface area contributed by atoms with Gasteiger partial charge in [0.25, 0.3) is 6.33 Å². The topological polar surface area (TPSA) is 38.4 Å². The van der Waals surface area contributed by atoms with Crippen molar-refractivity contribution in [3.05, 3.63) is 18.7 Å². The number of hydrogen-bond donors (Lipinski definition) is 0. The molecule has 0 bridgehead atoms. The van der Waals surface area contributed by atoms with Crippen LogP contribution in [0.4, 0.5) is 4.79 Å². The van der Waals surface area contributed by atoms with E-state index in [9.17, 15) is 4.79 Å². The summed E-state index contributed by atoms with van der Waals surface area (Å²) in [5.41, 5.74) is 0. The Morgan fingerprint density at radius 1 is 1.60 bits per heavy atom. The molecular formula is C10H16N3O2+. The molecule has 5 nitrogen and oxygen atoms in total. The maximum atomic E-state index is 12.0. The normalized spacial score (nSPS) is 21.7. The first-order chi connectivity index (χ1) is 7.16. The molecule has 1 atom stereocenters. The van der Waals surface area contributed by atoms with Gasteiger partial charge in [-0.1, -0.05) is 0 Å². The Bertz CT molecular complexity index is 361. The minimum absolute atomic E-state index is 0.0192. The lowest BCUT2D eigenvalue weighted by molar-refractivity contribution is -0.670. The largest absolute Gasteiger partial charge is 0.415 e. The molecule has 1 aromatic rings. The standard InChI is InChI=1S/C10H16N3O2/c1-9-7-12(5-6-15-9)10(14)13-4-3-11(2)8-13/h3-4,8-9H,5-7H2,1-2H3/q+1/t9-/m0/s1. The van der Waals surface area contributed by atoms with Gasteiger partial charge in [0.1, 0.15) is 12.4 Å². The molecule has 0 N–H and O–H groups in total. The lowest BCUT2D eigenvalue weighted by Crippen LogP contribution is -2.46. The molecule has 1 aliphatic heterocycles. The van der Waals surface area contributed by atoms with Gasteiger partial charge in [0.2, 0.25) is 0 Å². The average molecular weight is 210 g/mol. The maximum Gasteiger partial charge on any atom is 0.415 e. The predicted octanol–water partition coefficient (Wildman–Crippen LogP) is 0.00140. The third-order valence-corrected chi connectivity index (χ3v) is 2.50. The molecule has 0 aliphatic carbocycles. The molecular weight excluding hydrogens is 194 g/mol. The van der Waals surface area contributed by atoms with Crippen molar-refractivity contribution >= 4 is 6.03 Å². The number of nitrogens with zero attached hydrogens (tertiary/aromatic N) is 3. The number of imidazole rings is 1. The van der Waals surface area contributed by atoms with E-state index in [4.69, 9.17) is 4.74 Å². The number of aromatic nitrogens is 2. The van der Waals surface area contributed by atoms with Crippen molar-refractivity contribution in [2.24, 2.45) is 7.05 Å². The number of carbonyl (C=O) groups excluding carboxylic acids is 1. The van der Waals surface area contributed by atoms with Crippen molar-refractivity contribution in [1.82, 2.24) is 9.47 Å². The number of carbonyl (C=O) groups is 1. The summed E-state index contributed by atoms with van der Waals surface area (Å²) in [6, 6.07) is 0.0192. The molecule has 0 radical (unpaired) electrons. The van der Waals surface area contributed by atoms with Crippen molar-refractivity contribution in [3.8, 4) is 0 Å². The molecule has 2 heterocycles. The predicted molar refractivity (Wildman–Crippen MR) is 53.4 cm³/mol. The fraction of sp³-hybridized carbons (Fsp3) is 0.600. The van der Waals surface area contributed by atoms with Crippen LogP contribution in [0.3, 0.4) is 0 Å². The summed E-state index contributed by atoms with van der Waals surface area (Å²) in [6.07, 6.45) is 5.51. The second kappa shape index (κ2) is 4.02.